The van der Waals surface area contributed by atoms with Gasteiger partial charge in [-0.15, -0.1) is 0 Å². The second-order valence-electron chi connectivity index (χ2n) is 3.72. The Bertz CT molecular complexity index is 536. The fourth-order valence-electron chi connectivity index (χ4n) is 1.75. The highest BCUT2D eigenvalue weighted by Gasteiger charge is 2.15. The lowest BCUT2D eigenvalue weighted by Gasteiger charge is -2.03. The van der Waals surface area contributed by atoms with E-state index in [1.165, 1.54) is 0 Å². The van der Waals surface area contributed by atoms with Gasteiger partial charge in [0.2, 0.25) is 0 Å². The van der Waals surface area contributed by atoms with E-state index in [2.05, 4.69) is 12.2 Å². The van der Waals surface area contributed by atoms with Gasteiger partial charge in [0.15, 0.2) is 5.58 Å². The van der Waals surface area contributed by atoms with Crippen LogP contribution >= 0.6 is 34.8 Å². The third kappa shape index (κ3) is 2.55. The average Bonchev–Trinajstić information content (AvgIpc) is 2.71. The smallest absolute Gasteiger partial charge is 0.154 e. The maximum atomic E-state index is 6.19. The van der Waals surface area contributed by atoms with Gasteiger partial charge in [-0.2, -0.15) is 0 Å². The molecule has 0 aliphatic carbocycles. The number of likely N-dealkylation sites (N-methyl/N-ethyl adjacent to an activating group) is 1. The van der Waals surface area contributed by atoms with Crippen LogP contribution in [-0.2, 0) is 6.42 Å². The first kappa shape index (κ1) is 13.0. The lowest BCUT2D eigenvalue weighted by molar-refractivity contribution is 0.607. The van der Waals surface area contributed by atoms with Crippen LogP contribution in [-0.4, -0.2) is 13.1 Å². The Balaban J connectivity index is 2.44. The third-order valence-electron chi connectivity index (χ3n) is 2.59. The average molecular weight is 293 g/mol. The Kier molecular flexibility index (Phi) is 4.21. The van der Waals surface area contributed by atoms with Crippen LogP contribution in [0.2, 0.25) is 15.1 Å². The van der Waals surface area contributed by atoms with Crippen LogP contribution in [0.4, 0.5) is 0 Å². The van der Waals surface area contributed by atoms with Crippen LogP contribution in [0, 0.1) is 0 Å². The highest BCUT2D eigenvalue weighted by molar-refractivity contribution is 6.47. The molecule has 17 heavy (non-hydrogen) atoms. The van der Waals surface area contributed by atoms with Crippen molar-refractivity contribution in [2.24, 2.45) is 0 Å². The van der Waals surface area contributed by atoms with E-state index in [-0.39, 0.29) is 0 Å². The van der Waals surface area contributed by atoms with E-state index in [4.69, 9.17) is 39.2 Å². The van der Waals surface area contributed by atoms with Crippen molar-refractivity contribution in [2.75, 3.05) is 13.1 Å². The monoisotopic (exact) mass is 291 g/mol. The Morgan fingerprint density at radius 2 is 2.00 bits per heavy atom. The Hall–Kier alpha value is -0.410. The van der Waals surface area contributed by atoms with E-state index in [9.17, 15) is 0 Å². The minimum Gasteiger partial charge on any atom is -0.462 e. The van der Waals surface area contributed by atoms with Crippen molar-refractivity contribution < 1.29 is 4.42 Å². The molecule has 0 fully saturated rings. The van der Waals surface area contributed by atoms with Crippen molar-refractivity contribution in [1.29, 1.82) is 0 Å². The number of halogens is 3. The number of hydrogen-bond acceptors (Lipinski definition) is 2. The molecule has 0 aliphatic heterocycles. The van der Waals surface area contributed by atoms with Crippen molar-refractivity contribution in [3.8, 4) is 0 Å². The maximum Gasteiger partial charge on any atom is 0.154 e. The second-order valence-corrected chi connectivity index (χ2v) is 4.92. The normalized spacial score (nSPS) is 11.3. The van der Waals surface area contributed by atoms with E-state index in [0.717, 1.165) is 30.5 Å². The predicted molar refractivity (Wildman–Crippen MR) is 73.5 cm³/mol. The van der Waals surface area contributed by atoms with Crippen molar-refractivity contribution in [1.82, 2.24) is 5.32 Å². The van der Waals surface area contributed by atoms with Gasteiger partial charge in [-0.05, 0) is 25.6 Å². The third-order valence-corrected chi connectivity index (χ3v) is 3.66. The van der Waals surface area contributed by atoms with Crippen molar-refractivity contribution in [2.45, 2.75) is 13.3 Å². The molecule has 0 saturated heterocycles. The van der Waals surface area contributed by atoms with Gasteiger partial charge in [0, 0.05) is 10.9 Å². The van der Waals surface area contributed by atoms with Gasteiger partial charge in [0.1, 0.15) is 0 Å². The molecule has 0 saturated carbocycles. The van der Waals surface area contributed by atoms with Crippen LogP contribution in [0.15, 0.2) is 16.7 Å². The molecule has 1 N–H and O–H groups in total. The topological polar surface area (TPSA) is 25.2 Å². The summed E-state index contributed by atoms with van der Waals surface area (Å²) in [6, 6.07) is 1.60. The quantitative estimate of drug-likeness (QED) is 0.661. The van der Waals surface area contributed by atoms with Gasteiger partial charge < -0.3 is 9.73 Å². The maximum absolute atomic E-state index is 6.19. The molecule has 5 heteroatoms. The van der Waals surface area contributed by atoms with Crippen molar-refractivity contribution >= 4 is 45.8 Å². The van der Waals surface area contributed by atoms with Gasteiger partial charge in [-0.3, -0.25) is 0 Å². The number of nitrogens with one attached hydrogen (secondary N) is 1. The molecule has 1 heterocycles. The number of fused-ring (bicyclic) bond motifs is 1. The molecular formula is C12H12Cl3NO. The van der Waals surface area contributed by atoms with Crippen LogP contribution in [0.5, 0.6) is 0 Å². The van der Waals surface area contributed by atoms with E-state index in [1.54, 1.807) is 12.3 Å². The Morgan fingerprint density at radius 3 is 2.71 bits per heavy atom. The summed E-state index contributed by atoms with van der Waals surface area (Å²) < 4.78 is 5.44. The summed E-state index contributed by atoms with van der Waals surface area (Å²) in [7, 11) is 0. The molecule has 0 radical (unpaired) electrons. The zero-order valence-electron chi connectivity index (χ0n) is 9.32. The largest absolute Gasteiger partial charge is 0.462 e. The van der Waals surface area contributed by atoms with Crippen LogP contribution in [0.1, 0.15) is 12.5 Å². The molecule has 2 aromatic rings. The van der Waals surface area contributed by atoms with Gasteiger partial charge in [-0.1, -0.05) is 41.7 Å². The summed E-state index contributed by atoms with van der Waals surface area (Å²) in [6.45, 7) is 3.87. The van der Waals surface area contributed by atoms with E-state index < -0.39 is 0 Å². The SMILES string of the molecule is CCNCCc1coc2c(Cl)cc(Cl)c(Cl)c12. The first-order chi connectivity index (χ1) is 8.15. The van der Waals surface area contributed by atoms with Gasteiger partial charge in [0.05, 0.1) is 21.3 Å². The van der Waals surface area contributed by atoms with Crippen LogP contribution < -0.4 is 5.32 Å². The predicted octanol–water partition coefficient (Wildman–Crippen LogP) is 4.55. The molecule has 2 rings (SSSR count). The second kappa shape index (κ2) is 5.49. The van der Waals surface area contributed by atoms with Crippen molar-refractivity contribution in [3.05, 3.63) is 33.0 Å². The van der Waals surface area contributed by atoms with Gasteiger partial charge in [-0.25, -0.2) is 0 Å². The molecule has 1 aromatic heterocycles. The Labute approximate surface area is 115 Å². The summed E-state index contributed by atoms with van der Waals surface area (Å²) in [4.78, 5) is 0. The number of furan rings is 1. The lowest BCUT2D eigenvalue weighted by Crippen LogP contribution is -2.15. The first-order valence-corrected chi connectivity index (χ1v) is 6.52. The summed E-state index contributed by atoms with van der Waals surface area (Å²) in [5.74, 6) is 0. The van der Waals surface area contributed by atoms with E-state index in [0.29, 0.717) is 20.7 Å². The molecule has 0 bridgehead atoms. The highest BCUT2D eigenvalue weighted by Crippen LogP contribution is 2.38. The van der Waals surface area contributed by atoms with Gasteiger partial charge >= 0.3 is 0 Å². The summed E-state index contributed by atoms with van der Waals surface area (Å²) in [6.07, 6.45) is 2.52. The zero-order chi connectivity index (χ0) is 12.4. The number of rotatable bonds is 4. The first-order valence-electron chi connectivity index (χ1n) is 5.39. The van der Waals surface area contributed by atoms with Crippen molar-refractivity contribution in [3.63, 3.8) is 0 Å². The molecule has 1 aromatic carbocycles. The summed E-state index contributed by atoms with van der Waals surface area (Å²) in [5.41, 5.74) is 1.63. The summed E-state index contributed by atoms with van der Waals surface area (Å²) >= 11 is 18.3. The minimum atomic E-state index is 0.454. The molecule has 0 aliphatic rings. The fraction of sp³-hybridized carbons (Fsp3) is 0.333. The Morgan fingerprint density at radius 1 is 1.24 bits per heavy atom. The van der Waals surface area contributed by atoms with Crippen LogP contribution in [0.3, 0.4) is 0 Å². The standard InChI is InChI=1S/C12H12Cl3NO/c1-2-16-4-3-7-6-17-12-9(14)5-8(13)11(15)10(7)12/h5-6,16H,2-4H2,1H3. The zero-order valence-corrected chi connectivity index (χ0v) is 11.6. The molecule has 0 spiro atoms. The minimum absolute atomic E-state index is 0.454. The highest BCUT2D eigenvalue weighted by atomic mass is 35.5. The van der Waals surface area contributed by atoms with E-state index >= 15 is 0 Å². The molecule has 0 amide bonds. The number of hydrogen-bond donors (Lipinski definition) is 1. The molecule has 0 atom stereocenters. The lowest BCUT2D eigenvalue weighted by atomic mass is 10.1. The number of benzene rings is 1. The van der Waals surface area contributed by atoms with Gasteiger partial charge in [0.25, 0.3) is 0 Å². The van der Waals surface area contributed by atoms with E-state index in [1.807, 2.05) is 0 Å². The molecule has 2 nitrogen and oxygen atoms in total. The molecular weight excluding hydrogens is 280 g/mol. The van der Waals surface area contributed by atoms with Crippen LogP contribution in [0.25, 0.3) is 11.0 Å². The molecule has 92 valence electrons. The summed E-state index contributed by atoms with van der Waals surface area (Å²) in [5, 5.41) is 5.52. The fourth-order valence-corrected chi connectivity index (χ4v) is 2.52. The molecule has 0 unspecified atom stereocenters.